The van der Waals surface area contributed by atoms with E-state index >= 15 is 0 Å². The summed E-state index contributed by atoms with van der Waals surface area (Å²) in [6.07, 6.45) is 3.73. The second-order valence-corrected chi connectivity index (χ2v) is 7.00. The number of rotatable bonds is 5. The number of nitrogens with two attached hydrogens (primary N) is 1. The number of nitrogen functional groups attached to an aromatic ring is 1. The molecule has 140 valence electrons. The topological polar surface area (TPSA) is 68.7 Å². The second kappa shape index (κ2) is 7.84. The van der Waals surface area contributed by atoms with E-state index in [0.717, 1.165) is 30.6 Å². The molecule has 27 heavy (non-hydrogen) atoms. The first-order valence-corrected chi connectivity index (χ1v) is 9.49. The fraction of sp³-hybridized carbons (Fsp3) is 0.318. The molecule has 1 saturated heterocycles. The third-order valence-corrected chi connectivity index (χ3v) is 5.01. The van der Waals surface area contributed by atoms with Gasteiger partial charge in [0, 0.05) is 23.2 Å². The van der Waals surface area contributed by atoms with E-state index in [-0.39, 0.29) is 0 Å². The van der Waals surface area contributed by atoms with E-state index in [0.29, 0.717) is 29.2 Å². The van der Waals surface area contributed by atoms with Crippen molar-refractivity contribution in [3.05, 3.63) is 54.1 Å². The monoisotopic (exact) mass is 364 g/mol. The van der Waals surface area contributed by atoms with E-state index in [1.165, 1.54) is 19.3 Å². The lowest BCUT2D eigenvalue weighted by Gasteiger charge is -2.25. The summed E-state index contributed by atoms with van der Waals surface area (Å²) >= 11 is 0. The number of likely N-dealkylation sites (tertiary alicyclic amines) is 1. The molecule has 5 heteroatoms. The largest absolute Gasteiger partial charge is 0.461 e. The van der Waals surface area contributed by atoms with Crippen molar-refractivity contribution < 1.29 is 13.9 Å². The lowest BCUT2D eigenvalue weighted by Crippen LogP contribution is -2.33. The molecule has 5 nitrogen and oxygen atoms in total. The van der Waals surface area contributed by atoms with Gasteiger partial charge in [-0.1, -0.05) is 36.8 Å². The number of fused-ring (bicyclic) bond motifs is 1. The van der Waals surface area contributed by atoms with Crippen LogP contribution < -0.4 is 5.73 Å². The number of hydrogen-bond donors (Lipinski definition) is 1. The van der Waals surface area contributed by atoms with Crippen molar-refractivity contribution in [2.75, 3.05) is 32.0 Å². The minimum Gasteiger partial charge on any atom is -0.461 e. The van der Waals surface area contributed by atoms with Gasteiger partial charge in [0.25, 0.3) is 0 Å². The molecule has 1 aliphatic rings. The Bertz CT molecular complexity index is 927. The van der Waals surface area contributed by atoms with E-state index in [1.807, 2.05) is 42.5 Å². The number of carbonyl (C=O) groups excluding carboxylic acids is 1. The Balaban J connectivity index is 1.53. The van der Waals surface area contributed by atoms with Crippen LogP contribution in [0.15, 0.2) is 52.9 Å². The highest BCUT2D eigenvalue weighted by atomic mass is 16.5. The van der Waals surface area contributed by atoms with Gasteiger partial charge >= 0.3 is 5.97 Å². The van der Waals surface area contributed by atoms with Gasteiger partial charge in [-0.3, -0.25) is 4.90 Å². The Morgan fingerprint density at radius 2 is 1.85 bits per heavy atom. The van der Waals surface area contributed by atoms with Gasteiger partial charge in [-0.2, -0.15) is 0 Å². The summed E-state index contributed by atoms with van der Waals surface area (Å²) in [5.41, 5.74) is 8.37. The van der Waals surface area contributed by atoms with Gasteiger partial charge in [0.1, 0.15) is 23.5 Å². The van der Waals surface area contributed by atoms with Crippen LogP contribution >= 0.6 is 0 Å². The van der Waals surface area contributed by atoms with Gasteiger partial charge in [0.05, 0.1) is 0 Å². The number of piperidine rings is 1. The third-order valence-electron chi connectivity index (χ3n) is 5.01. The molecule has 1 aromatic heterocycles. The van der Waals surface area contributed by atoms with Gasteiger partial charge in [0.2, 0.25) is 0 Å². The van der Waals surface area contributed by atoms with Crippen molar-refractivity contribution in [2.24, 2.45) is 0 Å². The second-order valence-electron chi connectivity index (χ2n) is 7.00. The highest BCUT2D eigenvalue weighted by Gasteiger charge is 2.18. The zero-order valence-electron chi connectivity index (χ0n) is 15.3. The highest BCUT2D eigenvalue weighted by molar-refractivity contribution is 6.04. The molecular weight excluding hydrogens is 340 g/mol. The summed E-state index contributed by atoms with van der Waals surface area (Å²) in [4.78, 5) is 15.0. The van der Waals surface area contributed by atoms with Crippen molar-refractivity contribution in [3.8, 4) is 11.3 Å². The molecule has 0 amide bonds. The molecule has 2 aromatic carbocycles. The van der Waals surface area contributed by atoms with Crippen LogP contribution in [0.25, 0.3) is 22.3 Å². The standard InChI is InChI=1S/C22H24N2O3/c23-18-13-17-14-20(16-7-3-1-4-8-16)27-21(17)19(15-18)22(25)26-12-11-24-9-5-2-6-10-24/h1,3-4,7-8,13-15H,2,5-6,9-12,23H2. The van der Waals surface area contributed by atoms with E-state index in [2.05, 4.69) is 4.90 Å². The lowest BCUT2D eigenvalue weighted by molar-refractivity contribution is 0.0453. The Morgan fingerprint density at radius 3 is 2.63 bits per heavy atom. The van der Waals surface area contributed by atoms with Crippen LogP contribution in [0, 0.1) is 0 Å². The third kappa shape index (κ3) is 3.98. The molecule has 0 aliphatic carbocycles. The zero-order chi connectivity index (χ0) is 18.6. The van der Waals surface area contributed by atoms with E-state index in [1.54, 1.807) is 6.07 Å². The molecule has 1 aliphatic heterocycles. The van der Waals surface area contributed by atoms with Crippen LogP contribution in [-0.2, 0) is 4.74 Å². The summed E-state index contributed by atoms with van der Waals surface area (Å²) in [5, 5.41) is 0.803. The van der Waals surface area contributed by atoms with Crippen LogP contribution in [0.5, 0.6) is 0 Å². The SMILES string of the molecule is Nc1cc(C(=O)OCCN2CCCCC2)c2oc(-c3ccccc3)cc2c1. The molecule has 0 atom stereocenters. The summed E-state index contributed by atoms with van der Waals surface area (Å²) in [6.45, 7) is 3.31. The van der Waals surface area contributed by atoms with Gasteiger partial charge in [-0.05, 0) is 44.1 Å². The number of anilines is 1. The van der Waals surface area contributed by atoms with Crippen LogP contribution in [-0.4, -0.2) is 37.1 Å². The molecule has 2 heterocycles. The van der Waals surface area contributed by atoms with Crippen molar-refractivity contribution >= 4 is 22.6 Å². The van der Waals surface area contributed by atoms with Gasteiger partial charge in [-0.15, -0.1) is 0 Å². The fourth-order valence-corrected chi connectivity index (χ4v) is 3.60. The molecule has 0 spiro atoms. The summed E-state index contributed by atoms with van der Waals surface area (Å²) in [6, 6.07) is 15.1. The predicted molar refractivity (Wildman–Crippen MR) is 107 cm³/mol. The molecule has 1 fully saturated rings. The first kappa shape index (κ1) is 17.6. The van der Waals surface area contributed by atoms with Gasteiger partial charge < -0.3 is 14.9 Å². The maximum atomic E-state index is 12.6. The van der Waals surface area contributed by atoms with Crippen molar-refractivity contribution in [1.29, 1.82) is 0 Å². The summed E-state index contributed by atoms with van der Waals surface area (Å²) in [7, 11) is 0. The number of furan rings is 1. The Hall–Kier alpha value is -2.79. The van der Waals surface area contributed by atoms with Crippen molar-refractivity contribution in [1.82, 2.24) is 4.90 Å². The van der Waals surface area contributed by atoms with E-state index in [4.69, 9.17) is 14.9 Å². The Kier molecular flexibility index (Phi) is 5.12. The smallest absolute Gasteiger partial charge is 0.342 e. The van der Waals surface area contributed by atoms with E-state index < -0.39 is 5.97 Å². The number of benzene rings is 2. The normalized spacial score (nSPS) is 15.1. The minimum absolute atomic E-state index is 0.376. The minimum atomic E-state index is -0.390. The molecule has 0 saturated carbocycles. The van der Waals surface area contributed by atoms with Crippen LogP contribution in [0.3, 0.4) is 0 Å². The molecule has 0 unspecified atom stereocenters. The maximum absolute atomic E-state index is 12.6. The quantitative estimate of drug-likeness (QED) is 0.539. The summed E-state index contributed by atoms with van der Waals surface area (Å²) < 4.78 is 11.5. The lowest BCUT2D eigenvalue weighted by atomic mass is 10.1. The van der Waals surface area contributed by atoms with Crippen LogP contribution in [0.2, 0.25) is 0 Å². The summed E-state index contributed by atoms with van der Waals surface area (Å²) in [5.74, 6) is 0.317. The maximum Gasteiger partial charge on any atom is 0.342 e. The predicted octanol–water partition coefficient (Wildman–Crippen LogP) is 4.32. The van der Waals surface area contributed by atoms with Crippen LogP contribution in [0.1, 0.15) is 29.6 Å². The van der Waals surface area contributed by atoms with Gasteiger partial charge in [0.15, 0.2) is 0 Å². The number of carbonyl (C=O) groups is 1. The molecule has 2 N–H and O–H groups in total. The molecule has 4 rings (SSSR count). The number of hydrogen-bond acceptors (Lipinski definition) is 5. The van der Waals surface area contributed by atoms with Gasteiger partial charge in [-0.25, -0.2) is 4.79 Å². The Labute approximate surface area is 158 Å². The highest BCUT2D eigenvalue weighted by Crippen LogP contribution is 2.32. The zero-order valence-corrected chi connectivity index (χ0v) is 15.3. The van der Waals surface area contributed by atoms with Crippen LogP contribution in [0.4, 0.5) is 5.69 Å². The van der Waals surface area contributed by atoms with Crippen molar-refractivity contribution in [3.63, 3.8) is 0 Å². The Morgan fingerprint density at radius 1 is 1.07 bits per heavy atom. The first-order chi connectivity index (χ1) is 13.2. The molecule has 0 radical (unpaired) electrons. The van der Waals surface area contributed by atoms with E-state index in [9.17, 15) is 4.79 Å². The first-order valence-electron chi connectivity index (χ1n) is 9.49. The molecule has 3 aromatic rings. The fourth-order valence-electron chi connectivity index (χ4n) is 3.60. The molecule has 0 bridgehead atoms. The molecular formula is C22H24N2O3. The average Bonchev–Trinajstić information content (AvgIpc) is 3.12. The number of ether oxygens (including phenoxy) is 1. The average molecular weight is 364 g/mol. The number of nitrogens with zero attached hydrogens (tertiary/aromatic N) is 1. The van der Waals surface area contributed by atoms with Crippen molar-refractivity contribution in [2.45, 2.75) is 19.3 Å². The number of esters is 1.